The number of fused-ring (bicyclic) bond motifs is 5. The van der Waals surface area contributed by atoms with E-state index in [4.69, 9.17) is 19.4 Å². The second-order valence-corrected chi connectivity index (χ2v) is 16.4. The van der Waals surface area contributed by atoms with Crippen molar-refractivity contribution in [3.05, 3.63) is 151 Å². The van der Waals surface area contributed by atoms with Crippen LogP contribution >= 0.6 is 0 Å². The fourth-order valence-electron chi connectivity index (χ4n) is 10.2. The van der Waals surface area contributed by atoms with Crippen molar-refractivity contribution in [2.45, 2.75) is 51.4 Å². The van der Waals surface area contributed by atoms with E-state index in [1.54, 1.807) is 6.07 Å². The molecule has 5 heteroatoms. The van der Waals surface area contributed by atoms with E-state index in [1.807, 2.05) is 42.5 Å². The van der Waals surface area contributed by atoms with E-state index in [2.05, 4.69) is 111 Å². The predicted octanol–water partition coefficient (Wildman–Crippen LogP) is 13.1. The number of furan rings is 1. The summed E-state index contributed by atoms with van der Waals surface area (Å²) in [5.74, 6) is 4.32. The van der Waals surface area contributed by atoms with Crippen LogP contribution in [0.25, 0.3) is 78.4 Å². The van der Waals surface area contributed by atoms with E-state index in [0.717, 1.165) is 73.1 Å². The Bertz CT molecular complexity index is 2760. The van der Waals surface area contributed by atoms with Crippen LogP contribution in [0.5, 0.6) is 0 Å². The molecule has 8 aromatic rings. The lowest BCUT2D eigenvalue weighted by Gasteiger charge is -2.50. The number of hydrogen-bond donors (Lipinski definition) is 0. The molecule has 10 rings (SSSR count). The normalized spacial score (nSPS) is 20.6. The third kappa shape index (κ3) is 6.16. The molecule has 0 spiro atoms. The molecule has 6 aromatic carbocycles. The average molecular weight is 727 g/mol. The summed E-state index contributed by atoms with van der Waals surface area (Å²) in [5, 5.41) is 11.4. The number of nitrogens with zero attached hydrogens (tertiary/aromatic N) is 4. The third-order valence-electron chi connectivity index (χ3n) is 12.4. The lowest BCUT2D eigenvalue weighted by atomic mass is 9.54. The van der Waals surface area contributed by atoms with Gasteiger partial charge in [0.2, 0.25) is 0 Å². The third-order valence-corrected chi connectivity index (χ3v) is 12.4. The molecule has 0 amide bonds. The van der Waals surface area contributed by atoms with E-state index >= 15 is 0 Å². The first-order chi connectivity index (χ1) is 27.4. The molecule has 0 saturated heterocycles. The van der Waals surface area contributed by atoms with Crippen molar-refractivity contribution in [2.75, 3.05) is 0 Å². The molecule has 272 valence electrons. The summed E-state index contributed by atoms with van der Waals surface area (Å²) >= 11 is 0. The molecule has 2 heterocycles. The minimum absolute atomic E-state index is 0.296. The molecular formula is C51H42N4O. The fraction of sp³-hybridized carbons (Fsp3) is 0.216. The summed E-state index contributed by atoms with van der Waals surface area (Å²) in [6.45, 7) is 4.92. The standard InChI is InChI=1S/C51H42N4O/c1-32-24-35-25-33(2)29-51(28-32,30-35)41-20-17-37(18-21-41)42-10-6-7-11-45(42)50-54-48(38-8-4-3-5-9-38)53-49(55-50)39-15-13-36(14-16-39)40-19-23-44-43-22-12-34(31-52)26-46(43)56-47(44)27-40/h3-23,26-27,32-33,35H,24-25,28-30H2,1-2H3/t32-,33+,35?,51?. The molecule has 2 bridgehead atoms. The monoisotopic (exact) mass is 726 g/mol. The first-order valence-corrected chi connectivity index (χ1v) is 19.9. The van der Waals surface area contributed by atoms with Crippen molar-refractivity contribution in [2.24, 2.45) is 17.8 Å². The predicted molar refractivity (Wildman–Crippen MR) is 226 cm³/mol. The van der Waals surface area contributed by atoms with E-state index in [-0.39, 0.29) is 0 Å². The minimum Gasteiger partial charge on any atom is -0.456 e. The van der Waals surface area contributed by atoms with Gasteiger partial charge in [-0.25, -0.2) is 15.0 Å². The zero-order valence-electron chi connectivity index (χ0n) is 31.7. The van der Waals surface area contributed by atoms with Gasteiger partial charge in [0.25, 0.3) is 0 Å². The molecule has 2 saturated carbocycles. The van der Waals surface area contributed by atoms with E-state index in [0.29, 0.717) is 28.5 Å². The van der Waals surface area contributed by atoms with Crippen LogP contribution in [0, 0.1) is 29.1 Å². The van der Waals surface area contributed by atoms with Crippen LogP contribution in [0.15, 0.2) is 144 Å². The van der Waals surface area contributed by atoms with Crippen molar-refractivity contribution in [1.29, 1.82) is 5.26 Å². The van der Waals surface area contributed by atoms with Crippen molar-refractivity contribution >= 4 is 21.9 Å². The lowest BCUT2D eigenvalue weighted by Crippen LogP contribution is -2.42. The summed E-state index contributed by atoms with van der Waals surface area (Å²) in [4.78, 5) is 15.3. The molecular weight excluding hydrogens is 685 g/mol. The summed E-state index contributed by atoms with van der Waals surface area (Å²) in [7, 11) is 0. The van der Waals surface area contributed by atoms with Crippen LogP contribution in [0.3, 0.4) is 0 Å². The summed E-state index contributed by atoms with van der Waals surface area (Å²) < 4.78 is 6.18. The van der Waals surface area contributed by atoms with Gasteiger partial charge in [-0.05, 0) is 113 Å². The Morgan fingerprint density at radius 1 is 0.536 bits per heavy atom. The van der Waals surface area contributed by atoms with Gasteiger partial charge in [-0.2, -0.15) is 5.26 Å². The van der Waals surface area contributed by atoms with E-state index in [1.165, 1.54) is 43.2 Å². The first kappa shape index (κ1) is 34.1. The highest BCUT2D eigenvalue weighted by Crippen LogP contribution is 2.54. The van der Waals surface area contributed by atoms with Crippen LogP contribution < -0.4 is 0 Å². The quantitative estimate of drug-likeness (QED) is 0.170. The van der Waals surface area contributed by atoms with Crippen molar-refractivity contribution < 1.29 is 4.42 Å². The van der Waals surface area contributed by atoms with Crippen molar-refractivity contribution in [3.63, 3.8) is 0 Å². The number of rotatable bonds is 6. The molecule has 2 aliphatic rings. The van der Waals surface area contributed by atoms with Gasteiger partial charge in [0.05, 0.1) is 11.6 Å². The van der Waals surface area contributed by atoms with Gasteiger partial charge in [-0.1, -0.05) is 123 Å². The first-order valence-electron chi connectivity index (χ1n) is 19.9. The van der Waals surface area contributed by atoms with E-state index in [9.17, 15) is 5.26 Å². The van der Waals surface area contributed by atoms with E-state index < -0.39 is 0 Å². The van der Waals surface area contributed by atoms with Crippen molar-refractivity contribution in [1.82, 2.24) is 15.0 Å². The number of benzene rings is 6. The van der Waals surface area contributed by atoms with Crippen LogP contribution in [-0.2, 0) is 5.41 Å². The Balaban J connectivity index is 1.01. The summed E-state index contributed by atoms with van der Waals surface area (Å²) in [6.07, 6.45) is 6.68. The smallest absolute Gasteiger partial charge is 0.164 e. The van der Waals surface area contributed by atoms with Gasteiger partial charge >= 0.3 is 0 Å². The maximum absolute atomic E-state index is 9.35. The zero-order valence-corrected chi connectivity index (χ0v) is 31.7. The molecule has 2 aromatic heterocycles. The number of aromatic nitrogens is 3. The summed E-state index contributed by atoms with van der Waals surface area (Å²) in [5.41, 5.74) is 11.1. The maximum Gasteiger partial charge on any atom is 0.164 e. The Morgan fingerprint density at radius 3 is 1.79 bits per heavy atom. The molecule has 2 fully saturated rings. The van der Waals surface area contributed by atoms with Gasteiger partial charge < -0.3 is 4.42 Å². The minimum atomic E-state index is 0.296. The Labute approximate surface area is 327 Å². The highest BCUT2D eigenvalue weighted by molar-refractivity contribution is 6.06. The van der Waals surface area contributed by atoms with Gasteiger partial charge in [-0.15, -0.1) is 0 Å². The topological polar surface area (TPSA) is 75.6 Å². The Hall–Kier alpha value is -6.38. The Kier molecular flexibility index (Phi) is 8.37. The molecule has 0 aliphatic heterocycles. The SMILES string of the molecule is C[C@@H]1CC2C[C@H](C)CC(c3ccc(-c4ccccc4-c4nc(-c5ccccc5)nc(-c5ccc(-c6ccc7c(c6)oc6cc(C#N)ccc67)cc5)n4)cc3)(C2)C1. The maximum atomic E-state index is 9.35. The highest BCUT2D eigenvalue weighted by atomic mass is 16.3. The number of nitriles is 1. The van der Waals surface area contributed by atoms with Crippen LogP contribution in [-0.4, -0.2) is 15.0 Å². The second-order valence-electron chi connectivity index (χ2n) is 16.4. The average Bonchev–Trinajstić information content (AvgIpc) is 3.60. The zero-order chi connectivity index (χ0) is 37.8. The second kappa shape index (κ2) is 13.7. The lowest BCUT2D eigenvalue weighted by molar-refractivity contribution is 0.0780. The molecule has 4 atom stereocenters. The molecule has 0 N–H and O–H groups in total. The van der Waals surface area contributed by atoms with Gasteiger partial charge in [0.1, 0.15) is 11.2 Å². The van der Waals surface area contributed by atoms with Crippen LogP contribution in [0.2, 0.25) is 0 Å². The van der Waals surface area contributed by atoms with Gasteiger partial charge in [0.15, 0.2) is 17.5 Å². The fourth-order valence-corrected chi connectivity index (χ4v) is 10.2. The molecule has 56 heavy (non-hydrogen) atoms. The largest absolute Gasteiger partial charge is 0.456 e. The van der Waals surface area contributed by atoms with Gasteiger partial charge in [0, 0.05) is 27.5 Å². The van der Waals surface area contributed by atoms with Crippen LogP contribution in [0.4, 0.5) is 0 Å². The number of hydrogen-bond acceptors (Lipinski definition) is 5. The highest BCUT2D eigenvalue weighted by Gasteiger charge is 2.45. The molecule has 5 nitrogen and oxygen atoms in total. The van der Waals surface area contributed by atoms with Crippen molar-refractivity contribution in [3.8, 4) is 62.5 Å². The molecule has 0 radical (unpaired) electrons. The Morgan fingerprint density at radius 2 is 1.09 bits per heavy atom. The van der Waals surface area contributed by atoms with Crippen LogP contribution in [0.1, 0.15) is 57.1 Å². The molecule has 2 aliphatic carbocycles. The summed E-state index contributed by atoms with van der Waals surface area (Å²) in [6, 6.07) is 50.5. The molecule has 2 unspecified atom stereocenters. The van der Waals surface area contributed by atoms with Gasteiger partial charge in [-0.3, -0.25) is 0 Å².